The highest BCUT2D eigenvalue weighted by molar-refractivity contribution is 5.43. The lowest BCUT2D eigenvalue weighted by molar-refractivity contribution is -0.337. The van der Waals surface area contributed by atoms with Crippen LogP contribution in [0.25, 0.3) is 0 Å². The fraction of sp³-hybridized carbons (Fsp3) is 0.800. The van der Waals surface area contributed by atoms with E-state index in [0.717, 1.165) is 44.3 Å². The molecule has 2 heterocycles. The summed E-state index contributed by atoms with van der Waals surface area (Å²) in [6.45, 7) is 7.93. The molecule has 4 aliphatic carbocycles. The van der Waals surface area contributed by atoms with E-state index in [-0.39, 0.29) is 22.9 Å². The van der Waals surface area contributed by atoms with Gasteiger partial charge in [0.2, 0.25) is 0 Å². The van der Waals surface area contributed by atoms with Crippen LogP contribution in [0.4, 0.5) is 0 Å². The van der Waals surface area contributed by atoms with Gasteiger partial charge in [0, 0.05) is 24.2 Å². The second kappa shape index (κ2) is 7.26. The molecule has 6 heteroatoms. The summed E-state index contributed by atoms with van der Waals surface area (Å²) in [6.07, 6.45) is 6.10. The Labute approximate surface area is 214 Å². The standard InChI is InChI=1S/C30H42O6/c1-25(2)17-34-28(35-18-25)13-14-29-27(32,16-28)12-11-22-21-9-10-24(31)26(21,3)15-23(30(22,29)36-29)19-5-7-20(33-4)8-6-19/h5-8,21-24,31-32H,9-18H2,1-4H3/t21-,22-,23+,24-,26-,27+,29-,30-/m0/s1. The van der Waals surface area contributed by atoms with E-state index in [1.807, 2.05) is 12.1 Å². The molecule has 2 aliphatic heterocycles. The van der Waals surface area contributed by atoms with Crippen molar-refractivity contribution in [3.05, 3.63) is 29.8 Å². The summed E-state index contributed by atoms with van der Waals surface area (Å²) in [5, 5.41) is 23.6. The van der Waals surface area contributed by atoms with Gasteiger partial charge in [0.25, 0.3) is 0 Å². The number of benzene rings is 1. The molecule has 8 atom stereocenters. The molecule has 0 aromatic heterocycles. The molecule has 0 amide bonds. The van der Waals surface area contributed by atoms with Crippen LogP contribution in [0.5, 0.6) is 5.75 Å². The molecule has 1 aromatic rings. The van der Waals surface area contributed by atoms with E-state index in [2.05, 4.69) is 32.9 Å². The van der Waals surface area contributed by atoms with Gasteiger partial charge in [0.1, 0.15) is 22.6 Å². The molecule has 7 rings (SSSR count). The van der Waals surface area contributed by atoms with Gasteiger partial charge < -0.3 is 29.2 Å². The van der Waals surface area contributed by atoms with Crippen LogP contribution in [0.3, 0.4) is 0 Å². The highest BCUT2D eigenvalue weighted by Gasteiger charge is 2.88. The van der Waals surface area contributed by atoms with Crippen LogP contribution in [0.2, 0.25) is 0 Å². The summed E-state index contributed by atoms with van der Waals surface area (Å²) in [4.78, 5) is 0. The Hall–Kier alpha value is -1.18. The summed E-state index contributed by atoms with van der Waals surface area (Å²) >= 11 is 0. The first-order valence-corrected chi connectivity index (χ1v) is 14.0. The van der Waals surface area contributed by atoms with Crippen molar-refractivity contribution in [2.24, 2.45) is 22.7 Å². The van der Waals surface area contributed by atoms with Crippen molar-refractivity contribution < 1.29 is 29.2 Å². The fourth-order valence-corrected chi connectivity index (χ4v) is 9.60. The molecule has 36 heavy (non-hydrogen) atoms. The molecule has 2 N–H and O–H groups in total. The molecular formula is C30H42O6. The summed E-state index contributed by atoms with van der Waals surface area (Å²) in [5.74, 6) is 1.01. The summed E-state index contributed by atoms with van der Waals surface area (Å²) in [6, 6.07) is 8.41. The quantitative estimate of drug-likeness (QED) is 0.582. The Balaban J connectivity index is 1.28. The predicted molar refractivity (Wildman–Crippen MR) is 134 cm³/mol. The van der Waals surface area contributed by atoms with E-state index in [1.165, 1.54) is 5.56 Å². The molecule has 1 aromatic carbocycles. The van der Waals surface area contributed by atoms with E-state index >= 15 is 0 Å². The summed E-state index contributed by atoms with van der Waals surface area (Å²) in [7, 11) is 1.69. The van der Waals surface area contributed by atoms with Gasteiger partial charge in [-0.05, 0) is 73.5 Å². The van der Waals surface area contributed by atoms with Crippen molar-refractivity contribution >= 4 is 0 Å². The average Bonchev–Trinajstić information content (AvgIpc) is 3.46. The first kappa shape index (κ1) is 23.9. The van der Waals surface area contributed by atoms with E-state index in [9.17, 15) is 10.2 Å². The molecule has 6 nitrogen and oxygen atoms in total. The van der Waals surface area contributed by atoms with Crippen LogP contribution in [0.15, 0.2) is 24.3 Å². The lowest BCUT2D eigenvalue weighted by atomic mass is 9.45. The molecular weight excluding hydrogens is 456 g/mol. The fourth-order valence-electron chi connectivity index (χ4n) is 9.60. The Morgan fingerprint density at radius 1 is 0.917 bits per heavy atom. The number of aliphatic hydroxyl groups excluding tert-OH is 1. The monoisotopic (exact) mass is 498 g/mol. The van der Waals surface area contributed by atoms with Gasteiger partial charge in [-0.1, -0.05) is 32.9 Å². The largest absolute Gasteiger partial charge is 0.497 e. The molecule has 3 spiro atoms. The Bertz CT molecular complexity index is 1040. The maximum atomic E-state index is 12.4. The summed E-state index contributed by atoms with van der Waals surface area (Å²) in [5.41, 5.74) is -0.854. The molecule has 0 unspecified atom stereocenters. The Kier molecular flexibility index (Phi) is 4.82. The predicted octanol–water partition coefficient (Wildman–Crippen LogP) is 4.56. The smallest absolute Gasteiger partial charge is 0.171 e. The minimum atomic E-state index is -0.973. The maximum Gasteiger partial charge on any atom is 0.171 e. The second-order valence-electron chi connectivity index (χ2n) is 14.0. The topological polar surface area (TPSA) is 80.7 Å². The molecule has 6 fully saturated rings. The third kappa shape index (κ3) is 2.86. The minimum absolute atomic E-state index is 0.00539. The second-order valence-corrected chi connectivity index (χ2v) is 14.0. The van der Waals surface area contributed by atoms with Crippen molar-refractivity contribution in [1.82, 2.24) is 0 Å². The highest BCUT2D eigenvalue weighted by Crippen LogP contribution is 2.80. The molecule has 0 bridgehead atoms. The third-order valence-corrected chi connectivity index (χ3v) is 11.5. The maximum absolute atomic E-state index is 12.4. The molecule has 4 saturated carbocycles. The molecule has 198 valence electrons. The van der Waals surface area contributed by atoms with Gasteiger partial charge in [-0.2, -0.15) is 0 Å². The zero-order chi connectivity index (χ0) is 25.2. The Morgan fingerprint density at radius 2 is 1.64 bits per heavy atom. The van der Waals surface area contributed by atoms with E-state index in [0.29, 0.717) is 37.9 Å². The van der Waals surface area contributed by atoms with Crippen LogP contribution in [0, 0.1) is 22.7 Å². The van der Waals surface area contributed by atoms with Gasteiger partial charge in [-0.25, -0.2) is 0 Å². The first-order valence-electron chi connectivity index (χ1n) is 14.0. The first-order chi connectivity index (χ1) is 17.0. The van der Waals surface area contributed by atoms with Gasteiger partial charge in [0.15, 0.2) is 5.79 Å². The molecule has 0 radical (unpaired) electrons. The van der Waals surface area contributed by atoms with Crippen LogP contribution < -0.4 is 4.74 Å². The van der Waals surface area contributed by atoms with Gasteiger partial charge in [0.05, 0.1) is 26.4 Å². The number of rotatable bonds is 2. The van der Waals surface area contributed by atoms with Crippen LogP contribution >= 0.6 is 0 Å². The van der Waals surface area contributed by atoms with Crippen molar-refractivity contribution in [3.8, 4) is 5.75 Å². The van der Waals surface area contributed by atoms with Crippen LogP contribution in [-0.4, -0.2) is 59.2 Å². The van der Waals surface area contributed by atoms with E-state index < -0.39 is 22.6 Å². The van der Waals surface area contributed by atoms with Crippen LogP contribution in [0.1, 0.15) is 83.6 Å². The van der Waals surface area contributed by atoms with E-state index in [4.69, 9.17) is 18.9 Å². The molecule has 6 aliphatic rings. The zero-order valence-electron chi connectivity index (χ0n) is 22.2. The van der Waals surface area contributed by atoms with E-state index in [1.54, 1.807) is 7.11 Å². The lowest BCUT2D eigenvalue weighted by Gasteiger charge is -2.59. The number of methoxy groups -OCH3 is 1. The molecule has 2 saturated heterocycles. The number of hydrogen-bond donors (Lipinski definition) is 2. The SMILES string of the molecule is COc1ccc([C@H]2C[C@]3(C)[C@@H](O)CC[C@H]3[C@@H]3CC[C@@]4(O)CC5(CC[C@]46O[C@]236)OCC(C)(C)CO5)cc1. The number of fused-ring (bicyclic) bond motifs is 2. The van der Waals surface area contributed by atoms with Crippen LogP contribution in [-0.2, 0) is 14.2 Å². The van der Waals surface area contributed by atoms with Crippen molar-refractivity contribution in [2.75, 3.05) is 20.3 Å². The van der Waals surface area contributed by atoms with Crippen molar-refractivity contribution in [1.29, 1.82) is 0 Å². The summed E-state index contributed by atoms with van der Waals surface area (Å²) < 4.78 is 25.3. The van der Waals surface area contributed by atoms with Gasteiger partial charge >= 0.3 is 0 Å². The highest BCUT2D eigenvalue weighted by atomic mass is 16.7. The zero-order valence-corrected chi connectivity index (χ0v) is 22.2. The minimum Gasteiger partial charge on any atom is -0.497 e. The average molecular weight is 499 g/mol. The van der Waals surface area contributed by atoms with Crippen molar-refractivity contribution in [2.45, 2.75) is 107 Å². The lowest BCUT2D eigenvalue weighted by Crippen LogP contribution is -2.68. The van der Waals surface area contributed by atoms with Gasteiger partial charge in [-0.3, -0.25) is 0 Å². The third-order valence-electron chi connectivity index (χ3n) is 11.5. The number of aliphatic hydroxyl groups is 2. The normalized spacial score (nSPS) is 49.9. The number of ether oxygens (including phenoxy) is 4. The van der Waals surface area contributed by atoms with Gasteiger partial charge in [-0.15, -0.1) is 0 Å². The number of hydrogen-bond acceptors (Lipinski definition) is 6. The van der Waals surface area contributed by atoms with Crippen molar-refractivity contribution in [3.63, 3.8) is 0 Å². The number of epoxide rings is 1. The Morgan fingerprint density at radius 3 is 2.33 bits per heavy atom.